The molecule has 3 heterocycles. The van der Waals surface area contributed by atoms with Gasteiger partial charge in [0, 0.05) is 54.0 Å². The summed E-state index contributed by atoms with van der Waals surface area (Å²) in [6.07, 6.45) is 4.18. The van der Waals surface area contributed by atoms with E-state index in [2.05, 4.69) is 60.7 Å². The van der Waals surface area contributed by atoms with E-state index < -0.39 is 16.1 Å². The van der Waals surface area contributed by atoms with Gasteiger partial charge in [-0.2, -0.15) is 9.61 Å². The summed E-state index contributed by atoms with van der Waals surface area (Å²) in [5, 5.41) is 8.08. The van der Waals surface area contributed by atoms with Crippen LogP contribution >= 0.6 is 0 Å². The number of hydrogen-bond donors (Lipinski definition) is 1. The molecule has 0 radical (unpaired) electrons. The topological polar surface area (TPSA) is 63.9 Å². The van der Waals surface area contributed by atoms with Crippen molar-refractivity contribution in [3.05, 3.63) is 24.0 Å². The van der Waals surface area contributed by atoms with E-state index in [0.29, 0.717) is 19.4 Å². The fourth-order valence-electron chi connectivity index (χ4n) is 3.73. The maximum atomic E-state index is 6.15. The lowest BCUT2D eigenvalue weighted by atomic mass is 9.96. The molecule has 1 N–H and O–H groups in total. The van der Waals surface area contributed by atoms with E-state index in [0.717, 1.165) is 55.6 Å². The third kappa shape index (κ3) is 7.95. The second-order valence-corrected chi connectivity index (χ2v) is 22.7. The monoisotopic (exact) mass is 477 g/mol. The maximum Gasteiger partial charge on any atom is 0.157 e. The first kappa shape index (κ1) is 25.4. The molecule has 180 valence electrons. The van der Waals surface area contributed by atoms with Gasteiger partial charge in [-0.05, 0) is 31.5 Å². The van der Waals surface area contributed by atoms with Crippen LogP contribution in [0.25, 0.3) is 5.65 Å². The van der Waals surface area contributed by atoms with Crippen LogP contribution in [0.4, 0.5) is 5.82 Å². The minimum atomic E-state index is -1.13. The van der Waals surface area contributed by atoms with Crippen LogP contribution in [0.1, 0.15) is 24.5 Å². The number of rotatable bonds is 12. The highest BCUT2D eigenvalue weighted by molar-refractivity contribution is 6.76. The minimum Gasteiger partial charge on any atom is -0.361 e. The quantitative estimate of drug-likeness (QED) is 0.273. The number of nitrogens with zero attached hydrogens (tertiary/aromatic N) is 4. The highest BCUT2D eigenvalue weighted by atomic mass is 28.3. The lowest BCUT2D eigenvalue weighted by molar-refractivity contribution is 0.0942. The molecular formula is C23H43N5O2Si2. The Morgan fingerprint density at radius 3 is 2.28 bits per heavy atom. The average Bonchev–Trinajstić information content (AvgIpc) is 3.20. The molecule has 9 heteroatoms. The van der Waals surface area contributed by atoms with Gasteiger partial charge in [0.2, 0.25) is 0 Å². The van der Waals surface area contributed by atoms with E-state index in [4.69, 9.17) is 14.5 Å². The smallest absolute Gasteiger partial charge is 0.157 e. The molecule has 0 amide bonds. The Labute approximate surface area is 195 Å². The van der Waals surface area contributed by atoms with Crippen molar-refractivity contribution in [1.29, 1.82) is 0 Å². The average molecular weight is 478 g/mol. The van der Waals surface area contributed by atoms with Crippen molar-refractivity contribution >= 4 is 27.6 Å². The molecule has 1 fully saturated rings. The molecule has 3 rings (SSSR count). The number of ether oxygens (including phenoxy) is 2. The lowest BCUT2D eigenvalue weighted by Gasteiger charge is -2.28. The van der Waals surface area contributed by atoms with E-state index in [1.54, 1.807) is 0 Å². The van der Waals surface area contributed by atoms with Gasteiger partial charge < -0.3 is 19.7 Å². The molecular weight excluding hydrogens is 434 g/mol. The van der Waals surface area contributed by atoms with Crippen LogP contribution in [0.15, 0.2) is 18.3 Å². The third-order valence-electron chi connectivity index (χ3n) is 5.89. The highest BCUT2D eigenvalue weighted by Crippen LogP contribution is 2.26. The Hall–Kier alpha value is -1.27. The Morgan fingerprint density at radius 2 is 1.72 bits per heavy atom. The number of aromatic nitrogens is 3. The molecule has 0 aliphatic carbocycles. The van der Waals surface area contributed by atoms with Gasteiger partial charge in [0.15, 0.2) is 5.65 Å². The maximum absolute atomic E-state index is 6.15. The van der Waals surface area contributed by atoms with Crippen molar-refractivity contribution in [2.75, 3.05) is 44.7 Å². The normalized spacial score (nSPS) is 17.8. The molecule has 2 aromatic rings. The number of anilines is 1. The predicted molar refractivity (Wildman–Crippen MR) is 138 cm³/mol. The van der Waals surface area contributed by atoms with E-state index >= 15 is 0 Å². The van der Waals surface area contributed by atoms with Gasteiger partial charge in [-0.25, -0.2) is 4.98 Å². The Kier molecular flexibility index (Phi) is 8.91. The predicted octanol–water partition coefficient (Wildman–Crippen LogP) is 4.63. The van der Waals surface area contributed by atoms with Gasteiger partial charge in [0.25, 0.3) is 0 Å². The van der Waals surface area contributed by atoms with Gasteiger partial charge >= 0.3 is 0 Å². The molecule has 1 aliphatic heterocycles. The zero-order valence-electron chi connectivity index (χ0n) is 21.0. The standard InChI is InChI=1S/C23H43N5O2Si2/c1-31(2,3)14-12-29-18-27(19-30-13-15-32(4,5)6)23-16-21(20-8-7-10-24-17-20)26-22-9-11-25-28(22)23/h9,11,16,20,24H,7-8,10,12-15,17-19H2,1-6H3. The second kappa shape index (κ2) is 11.2. The molecule has 0 aromatic carbocycles. The summed E-state index contributed by atoms with van der Waals surface area (Å²) in [6.45, 7) is 18.9. The fraction of sp³-hybridized carbons (Fsp3) is 0.739. The summed E-state index contributed by atoms with van der Waals surface area (Å²) in [4.78, 5) is 7.10. The summed E-state index contributed by atoms with van der Waals surface area (Å²) in [7, 11) is -2.26. The van der Waals surface area contributed by atoms with Crippen LogP contribution in [-0.2, 0) is 9.47 Å². The van der Waals surface area contributed by atoms with Gasteiger partial charge in [-0.15, -0.1) is 0 Å². The molecule has 1 atom stereocenters. The second-order valence-electron chi connectivity index (χ2n) is 11.4. The molecule has 7 nitrogen and oxygen atoms in total. The largest absolute Gasteiger partial charge is 0.361 e. The zero-order valence-corrected chi connectivity index (χ0v) is 23.0. The van der Waals surface area contributed by atoms with Crippen LogP contribution in [-0.4, -0.2) is 70.5 Å². The van der Waals surface area contributed by atoms with E-state index in [9.17, 15) is 0 Å². The SMILES string of the molecule is C[Si](C)(C)CCOCN(COCC[Si](C)(C)C)c1cc(C2CCCNC2)nc2ccnn12. The van der Waals surface area contributed by atoms with Crippen LogP contribution in [0.2, 0.25) is 51.4 Å². The number of hydrogen-bond acceptors (Lipinski definition) is 6. The van der Waals surface area contributed by atoms with Crippen LogP contribution in [0.3, 0.4) is 0 Å². The van der Waals surface area contributed by atoms with Crippen molar-refractivity contribution in [1.82, 2.24) is 19.9 Å². The van der Waals surface area contributed by atoms with Crippen molar-refractivity contribution in [2.24, 2.45) is 0 Å². The molecule has 0 spiro atoms. The molecule has 1 unspecified atom stereocenters. The zero-order chi connectivity index (χ0) is 23.2. The highest BCUT2D eigenvalue weighted by Gasteiger charge is 2.22. The molecule has 1 saturated heterocycles. The Bertz CT molecular complexity index is 819. The molecule has 1 aliphatic rings. The van der Waals surface area contributed by atoms with Crippen molar-refractivity contribution in [2.45, 2.75) is 70.1 Å². The van der Waals surface area contributed by atoms with Gasteiger partial charge in [0.1, 0.15) is 19.3 Å². The third-order valence-corrected chi connectivity index (χ3v) is 9.29. The first-order valence-electron chi connectivity index (χ1n) is 12.1. The Balaban J connectivity index is 1.78. The van der Waals surface area contributed by atoms with Crippen molar-refractivity contribution < 1.29 is 9.47 Å². The number of nitrogens with one attached hydrogen (secondary N) is 1. The number of piperidine rings is 1. The van der Waals surface area contributed by atoms with Crippen LogP contribution in [0.5, 0.6) is 0 Å². The first-order valence-corrected chi connectivity index (χ1v) is 19.5. The van der Waals surface area contributed by atoms with Crippen LogP contribution in [0, 0.1) is 0 Å². The minimum absolute atomic E-state index is 0.435. The Morgan fingerprint density at radius 1 is 1.06 bits per heavy atom. The molecule has 0 bridgehead atoms. The van der Waals surface area contributed by atoms with Gasteiger partial charge in [0.05, 0.1) is 11.9 Å². The van der Waals surface area contributed by atoms with Crippen LogP contribution < -0.4 is 10.2 Å². The van der Waals surface area contributed by atoms with E-state index in [-0.39, 0.29) is 0 Å². The summed E-state index contributed by atoms with van der Waals surface area (Å²) >= 11 is 0. The summed E-state index contributed by atoms with van der Waals surface area (Å²) in [6, 6.07) is 6.49. The lowest BCUT2D eigenvalue weighted by Crippen LogP contribution is -2.34. The summed E-state index contributed by atoms with van der Waals surface area (Å²) in [5.41, 5.74) is 2.02. The summed E-state index contributed by atoms with van der Waals surface area (Å²) in [5.74, 6) is 1.44. The van der Waals surface area contributed by atoms with E-state index in [1.165, 1.54) is 12.8 Å². The summed E-state index contributed by atoms with van der Waals surface area (Å²) < 4.78 is 14.2. The number of fused-ring (bicyclic) bond motifs is 1. The van der Waals surface area contributed by atoms with Crippen molar-refractivity contribution in [3.63, 3.8) is 0 Å². The molecule has 2 aromatic heterocycles. The molecule has 0 saturated carbocycles. The first-order chi connectivity index (χ1) is 15.1. The van der Waals surface area contributed by atoms with E-state index in [1.807, 2.05) is 16.8 Å². The van der Waals surface area contributed by atoms with Gasteiger partial charge in [-0.3, -0.25) is 0 Å². The molecule has 32 heavy (non-hydrogen) atoms. The van der Waals surface area contributed by atoms with Gasteiger partial charge in [-0.1, -0.05) is 39.3 Å². The fourth-order valence-corrected chi connectivity index (χ4v) is 5.24. The van der Waals surface area contributed by atoms with Crippen molar-refractivity contribution in [3.8, 4) is 0 Å².